The van der Waals surface area contributed by atoms with Crippen molar-refractivity contribution in [2.45, 2.75) is 39.2 Å². The quantitative estimate of drug-likeness (QED) is 0.872. The SMILES string of the molecule is CCNC(Cc1ccc(C)cc1Cl)CC1CCS(=O)(=O)C1. The van der Waals surface area contributed by atoms with Gasteiger partial charge in [0, 0.05) is 11.1 Å². The van der Waals surface area contributed by atoms with Gasteiger partial charge in [0.15, 0.2) is 9.84 Å². The molecule has 1 aliphatic heterocycles. The summed E-state index contributed by atoms with van der Waals surface area (Å²) in [6.07, 6.45) is 2.55. The molecule has 0 aromatic heterocycles. The zero-order valence-electron chi connectivity index (χ0n) is 12.7. The molecule has 2 atom stereocenters. The molecular formula is C16H24ClNO2S. The smallest absolute Gasteiger partial charge is 0.150 e. The third-order valence-corrected chi connectivity index (χ3v) is 6.30. The second-order valence-corrected chi connectivity index (χ2v) is 8.69. The summed E-state index contributed by atoms with van der Waals surface area (Å²) in [6.45, 7) is 4.99. The molecule has 0 saturated carbocycles. The van der Waals surface area contributed by atoms with Gasteiger partial charge in [-0.25, -0.2) is 8.42 Å². The number of sulfone groups is 1. The lowest BCUT2D eigenvalue weighted by Crippen LogP contribution is -2.33. The fraction of sp³-hybridized carbons (Fsp3) is 0.625. The van der Waals surface area contributed by atoms with Crippen molar-refractivity contribution in [2.24, 2.45) is 5.92 Å². The summed E-state index contributed by atoms with van der Waals surface area (Å²) in [5.41, 5.74) is 2.29. The number of halogens is 1. The molecule has 2 unspecified atom stereocenters. The molecule has 1 heterocycles. The summed E-state index contributed by atoms with van der Waals surface area (Å²) < 4.78 is 23.2. The van der Waals surface area contributed by atoms with Gasteiger partial charge in [0.05, 0.1) is 11.5 Å². The van der Waals surface area contributed by atoms with Crippen molar-refractivity contribution in [1.82, 2.24) is 5.32 Å². The van der Waals surface area contributed by atoms with Crippen LogP contribution < -0.4 is 5.32 Å². The van der Waals surface area contributed by atoms with Crippen LogP contribution in [0.3, 0.4) is 0 Å². The Morgan fingerprint density at radius 3 is 2.76 bits per heavy atom. The molecule has 0 spiro atoms. The summed E-state index contributed by atoms with van der Waals surface area (Å²) >= 11 is 6.31. The van der Waals surface area contributed by atoms with Crippen LogP contribution in [0.5, 0.6) is 0 Å². The average molecular weight is 330 g/mol. The minimum absolute atomic E-state index is 0.281. The highest BCUT2D eigenvalue weighted by atomic mass is 35.5. The van der Waals surface area contributed by atoms with Gasteiger partial charge >= 0.3 is 0 Å². The molecule has 118 valence electrons. The molecule has 1 aliphatic rings. The molecule has 1 saturated heterocycles. The predicted molar refractivity (Wildman–Crippen MR) is 88.7 cm³/mol. The van der Waals surface area contributed by atoms with E-state index in [9.17, 15) is 8.42 Å². The van der Waals surface area contributed by atoms with Crippen LogP contribution in [0, 0.1) is 12.8 Å². The zero-order chi connectivity index (χ0) is 15.5. The highest BCUT2D eigenvalue weighted by Gasteiger charge is 2.29. The van der Waals surface area contributed by atoms with Crippen molar-refractivity contribution in [3.63, 3.8) is 0 Å². The minimum Gasteiger partial charge on any atom is -0.314 e. The maximum absolute atomic E-state index is 11.6. The Labute approximate surface area is 133 Å². The van der Waals surface area contributed by atoms with E-state index in [2.05, 4.69) is 24.4 Å². The van der Waals surface area contributed by atoms with E-state index >= 15 is 0 Å². The summed E-state index contributed by atoms with van der Waals surface area (Å²) in [5.74, 6) is 0.974. The van der Waals surface area contributed by atoms with Gasteiger partial charge < -0.3 is 5.32 Å². The topological polar surface area (TPSA) is 46.2 Å². The van der Waals surface area contributed by atoms with Crippen LogP contribution in [-0.2, 0) is 16.3 Å². The van der Waals surface area contributed by atoms with E-state index in [0.717, 1.165) is 42.0 Å². The third-order valence-electron chi connectivity index (χ3n) is 4.11. The molecule has 1 fully saturated rings. The molecule has 21 heavy (non-hydrogen) atoms. The second kappa shape index (κ2) is 7.12. The Bertz CT molecular complexity index is 586. The summed E-state index contributed by atoms with van der Waals surface area (Å²) in [7, 11) is -2.80. The van der Waals surface area contributed by atoms with Gasteiger partial charge in [0.25, 0.3) is 0 Å². The molecule has 0 amide bonds. The van der Waals surface area contributed by atoms with Crippen molar-refractivity contribution >= 4 is 21.4 Å². The highest BCUT2D eigenvalue weighted by molar-refractivity contribution is 7.91. The molecule has 2 rings (SSSR count). The Hall–Kier alpha value is -0.580. The first-order valence-electron chi connectivity index (χ1n) is 7.58. The summed E-state index contributed by atoms with van der Waals surface area (Å²) in [6, 6.07) is 6.42. The van der Waals surface area contributed by atoms with Gasteiger partial charge in [-0.1, -0.05) is 30.7 Å². The van der Waals surface area contributed by atoms with E-state index < -0.39 is 9.84 Å². The van der Waals surface area contributed by atoms with Gasteiger partial charge in [-0.15, -0.1) is 0 Å². The van der Waals surface area contributed by atoms with Crippen molar-refractivity contribution in [3.05, 3.63) is 34.3 Å². The van der Waals surface area contributed by atoms with Crippen LogP contribution in [0.4, 0.5) is 0 Å². The van der Waals surface area contributed by atoms with Crippen molar-refractivity contribution in [2.75, 3.05) is 18.1 Å². The largest absolute Gasteiger partial charge is 0.314 e. The minimum atomic E-state index is -2.80. The van der Waals surface area contributed by atoms with Crippen LogP contribution in [0.25, 0.3) is 0 Å². The van der Waals surface area contributed by atoms with Crippen molar-refractivity contribution < 1.29 is 8.42 Å². The second-order valence-electron chi connectivity index (χ2n) is 6.06. The predicted octanol–water partition coefficient (Wildman–Crippen LogP) is 2.99. The van der Waals surface area contributed by atoms with Gasteiger partial charge in [-0.2, -0.15) is 0 Å². The maximum Gasteiger partial charge on any atom is 0.150 e. The maximum atomic E-state index is 11.6. The van der Waals surface area contributed by atoms with Crippen LogP contribution in [0.2, 0.25) is 5.02 Å². The average Bonchev–Trinajstić information content (AvgIpc) is 2.72. The summed E-state index contributed by atoms with van der Waals surface area (Å²) in [5, 5.41) is 4.28. The number of rotatable bonds is 6. The number of likely N-dealkylation sites (N-methyl/N-ethyl adjacent to an activating group) is 1. The fourth-order valence-electron chi connectivity index (χ4n) is 3.07. The Kier molecular flexibility index (Phi) is 5.69. The molecule has 0 bridgehead atoms. The molecule has 0 aliphatic carbocycles. The highest BCUT2D eigenvalue weighted by Crippen LogP contribution is 2.26. The number of hydrogen-bond acceptors (Lipinski definition) is 3. The van der Waals surface area contributed by atoms with Crippen LogP contribution in [0.15, 0.2) is 18.2 Å². The number of nitrogens with one attached hydrogen (secondary N) is 1. The monoisotopic (exact) mass is 329 g/mol. The van der Waals surface area contributed by atoms with Gasteiger partial charge in [-0.05, 0) is 55.8 Å². The molecule has 5 heteroatoms. The Morgan fingerprint density at radius 2 is 2.19 bits per heavy atom. The molecular weight excluding hydrogens is 306 g/mol. The Morgan fingerprint density at radius 1 is 1.43 bits per heavy atom. The van der Waals surface area contributed by atoms with E-state index in [-0.39, 0.29) is 12.0 Å². The number of benzene rings is 1. The molecule has 1 N–H and O–H groups in total. The first kappa shape index (κ1) is 16.8. The summed E-state index contributed by atoms with van der Waals surface area (Å²) in [4.78, 5) is 0. The first-order chi connectivity index (χ1) is 9.89. The molecule has 0 radical (unpaired) electrons. The first-order valence-corrected chi connectivity index (χ1v) is 9.78. The lowest BCUT2D eigenvalue weighted by Gasteiger charge is -2.21. The molecule has 3 nitrogen and oxygen atoms in total. The van der Waals surface area contributed by atoms with E-state index in [4.69, 9.17) is 11.6 Å². The van der Waals surface area contributed by atoms with Gasteiger partial charge in [0.2, 0.25) is 0 Å². The van der Waals surface area contributed by atoms with Crippen LogP contribution in [-0.4, -0.2) is 32.5 Å². The van der Waals surface area contributed by atoms with Crippen LogP contribution >= 0.6 is 11.6 Å². The zero-order valence-corrected chi connectivity index (χ0v) is 14.3. The van der Waals surface area contributed by atoms with E-state index in [1.165, 1.54) is 0 Å². The van der Waals surface area contributed by atoms with Crippen molar-refractivity contribution in [1.29, 1.82) is 0 Å². The van der Waals surface area contributed by atoms with Gasteiger partial charge in [0.1, 0.15) is 0 Å². The normalized spacial score (nSPS) is 22.3. The lowest BCUT2D eigenvalue weighted by molar-refractivity contribution is 0.409. The standard InChI is InChI=1S/C16H24ClNO2S/c1-3-18-15(9-13-6-7-21(19,20)11-13)10-14-5-4-12(2)8-16(14)17/h4-5,8,13,15,18H,3,6-7,9-11H2,1-2H3. The molecule has 1 aromatic carbocycles. The van der Waals surface area contributed by atoms with Gasteiger partial charge in [-0.3, -0.25) is 0 Å². The third kappa shape index (κ3) is 4.97. The Balaban J connectivity index is 2.02. The molecule has 1 aromatic rings. The number of aryl methyl sites for hydroxylation is 1. The van der Waals surface area contributed by atoms with Crippen LogP contribution in [0.1, 0.15) is 30.9 Å². The number of hydrogen-bond donors (Lipinski definition) is 1. The van der Waals surface area contributed by atoms with E-state index in [0.29, 0.717) is 11.5 Å². The lowest BCUT2D eigenvalue weighted by atomic mass is 9.94. The van der Waals surface area contributed by atoms with Crippen molar-refractivity contribution in [3.8, 4) is 0 Å². The fourth-order valence-corrected chi connectivity index (χ4v) is 5.26. The van der Waals surface area contributed by atoms with E-state index in [1.54, 1.807) is 0 Å². The van der Waals surface area contributed by atoms with E-state index in [1.807, 2.05) is 13.0 Å².